The number of anilines is 1. The third-order valence-electron chi connectivity index (χ3n) is 5.20. The van der Waals surface area contributed by atoms with E-state index in [4.69, 9.17) is 0 Å². The standard InChI is InChI=1S/C18H21N5/c1-11-16-8-15(9-19)17(21-18(16)23(2)22-11)20-10-12-6-14(7-12)13-4-3-5-13/h8,12H,3-7,10H2,1-2H3,(H,20,21). The highest BCUT2D eigenvalue weighted by Gasteiger charge is 2.28. The third-order valence-corrected chi connectivity index (χ3v) is 5.20. The Bertz CT molecular complexity index is 838. The Hall–Kier alpha value is -2.35. The lowest BCUT2D eigenvalue weighted by molar-refractivity contribution is 0.420. The fraction of sp³-hybridized carbons (Fsp3) is 0.500. The largest absolute Gasteiger partial charge is 0.369 e. The molecule has 0 saturated heterocycles. The molecule has 1 N–H and O–H groups in total. The molecule has 2 aromatic rings. The monoisotopic (exact) mass is 307 g/mol. The van der Waals surface area contributed by atoms with Gasteiger partial charge in [0, 0.05) is 19.0 Å². The molecule has 118 valence electrons. The Balaban J connectivity index is 1.50. The minimum absolute atomic E-state index is 0.602. The van der Waals surface area contributed by atoms with Crippen molar-refractivity contribution in [2.24, 2.45) is 13.0 Å². The fourth-order valence-corrected chi connectivity index (χ4v) is 3.58. The van der Waals surface area contributed by atoms with Crippen LogP contribution in [0.15, 0.2) is 17.2 Å². The summed E-state index contributed by atoms with van der Waals surface area (Å²) in [5.41, 5.74) is 5.74. The zero-order chi connectivity index (χ0) is 16.0. The van der Waals surface area contributed by atoms with Crippen LogP contribution in [0.5, 0.6) is 0 Å². The first-order valence-electron chi connectivity index (χ1n) is 8.34. The molecule has 2 saturated carbocycles. The van der Waals surface area contributed by atoms with Gasteiger partial charge in [0.25, 0.3) is 0 Å². The molecule has 4 rings (SSSR count). The lowest BCUT2D eigenvalue weighted by Gasteiger charge is -2.35. The smallest absolute Gasteiger partial charge is 0.160 e. The molecule has 0 bridgehead atoms. The van der Waals surface area contributed by atoms with Crippen LogP contribution in [0, 0.1) is 24.2 Å². The van der Waals surface area contributed by atoms with Crippen molar-refractivity contribution in [1.29, 1.82) is 5.26 Å². The predicted molar refractivity (Wildman–Crippen MR) is 90.1 cm³/mol. The number of rotatable bonds is 3. The summed E-state index contributed by atoms with van der Waals surface area (Å²) in [7, 11) is 1.89. The zero-order valence-electron chi connectivity index (χ0n) is 13.7. The molecular weight excluding hydrogens is 286 g/mol. The second kappa shape index (κ2) is 5.38. The van der Waals surface area contributed by atoms with Gasteiger partial charge in [-0.05, 0) is 51.0 Å². The van der Waals surface area contributed by atoms with Crippen molar-refractivity contribution >= 4 is 16.9 Å². The first kappa shape index (κ1) is 14.3. The zero-order valence-corrected chi connectivity index (χ0v) is 13.7. The minimum Gasteiger partial charge on any atom is -0.369 e. The molecule has 2 aliphatic rings. The lowest BCUT2D eigenvalue weighted by atomic mass is 9.73. The Morgan fingerprint density at radius 2 is 2.13 bits per heavy atom. The minimum atomic E-state index is 0.602. The van der Waals surface area contributed by atoms with E-state index in [-0.39, 0.29) is 0 Å². The molecular formula is C18H21N5. The summed E-state index contributed by atoms with van der Waals surface area (Å²) < 4.78 is 1.78. The number of hydrogen-bond acceptors (Lipinski definition) is 4. The second-order valence-electron chi connectivity index (χ2n) is 6.79. The molecule has 0 amide bonds. The van der Waals surface area contributed by atoms with Crippen LogP contribution in [0.2, 0.25) is 0 Å². The average molecular weight is 307 g/mol. The second-order valence-corrected chi connectivity index (χ2v) is 6.79. The summed E-state index contributed by atoms with van der Waals surface area (Å²) >= 11 is 0. The van der Waals surface area contributed by atoms with Gasteiger partial charge in [-0.1, -0.05) is 11.1 Å². The highest BCUT2D eigenvalue weighted by atomic mass is 15.3. The molecule has 2 aromatic heterocycles. The number of fused-ring (bicyclic) bond motifs is 1. The lowest BCUT2D eigenvalue weighted by Crippen LogP contribution is -2.26. The van der Waals surface area contributed by atoms with E-state index in [2.05, 4.69) is 21.5 Å². The molecule has 2 heterocycles. The van der Waals surface area contributed by atoms with Crippen LogP contribution in [-0.2, 0) is 7.05 Å². The number of allylic oxidation sites excluding steroid dienone is 2. The van der Waals surface area contributed by atoms with Crippen molar-refractivity contribution in [3.05, 3.63) is 28.5 Å². The molecule has 0 aliphatic heterocycles. The summed E-state index contributed by atoms with van der Waals surface area (Å²) in [5, 5.41) is 18.1. The van der Waals surface area contributed by atoms with E-state index in [0.717, 1.165) is 23.3 Å². The van der Waals surface area contributed by atoms with Gasteiger partial charge >= 0.3 is 0 Å². The Kier molecular flexibility index (Phi) is 3.33. The summed E-state index contributed by atoms with van der Waals surface area (Å²) in [6.45, 7) is 2.84. The first-order chi connectivity index (χ1) is 11.2. The van der Waals surface area contributed by atoms with Gasteiger partial charge in [-0.3, -0.25) is 4.68 Å². The molecule has 0 spiro atoms. The molecule has 0 radical (unpaired) electrons. The van der Waals surface area contributed by atoms with Crippen LogP contribution in [0.3, 0.4) is 0 Å². The molecule has 2 fully saturated rings. The number of nitriles is 1. The molecule has 0 aromatic carbocycles. The highest BCUT2D eigenvalue weighted by molar-refractivity contribution is 5.82. The van der Waals surface area contributed by atoms with Gasteiger partial charge < -0.3 is 5.32 Å². The van der Waals surface area contributed by atoms with Gasteiger partial charge in [0.2, 0.25) is 0 Å². The Morgan fingerprint density at radius 3 is 2.78 bits per heavy atom. The molecule has 0 atom stereocenters. The summed E-state index contributed by atoms with van der Waals surface area (Å²) in [4.78, 5) is 4.63. The molecule has 0 unspecified atom stereocenters. The Labute approximate surface area is 136 Å². The number of hydrogen-bond donors (Lipinski definition) is 1. The van der Waals surface area contributed by atoms with E-state index < -0.39 is 0 Å². The van der Waals surface area contributed by atoms with Crippen LogP contribution in [0.4, 0.5) is 5.82 Å². The van der Waals surface area contributed by atoms with Gasteiger partial charge in [-0.15, -0.1) is 0 Å². The molecule has 5 heteroatoms. The first-order valence-corrected chi connectivity index (χ1v) is 8.34. The van der Waals surface area contributed by atoms with Crippen molar-refractivity contribution in [3.63, 3.8) is 0 Å². The van der Waals surface area contributed by atoms with Gasteiger partial charge in [0.1, 0.15) is 11.9 Å². The van der Waals surface area contributed by atoms with Crippen molar-refractivity contribution in [3.8, 4) is 6.07 Å². The van der Waals surface area contributed by atoms with Crippen LogP contribution in [0.1, 0.15) is 43.4 Å². The number of pyridine rings is 1. The predicted octanol–water partition coefficient (Wildman–Crippen LogP) is 3.45. The molecule has 5 nitrogen and oxygen atoms in total. The van der Waals surface area contributed by atoms with Gasteiger partial charge in [0.05, 0.1) is 11.3 Å². The van der Waals surface area contributed by atoms with E-state index in [0.29, 0.717) is 17.3 Å². The number of aryl methyl sites for hydroxylation is 2. The van der Waals surface area contributed by atoms with Crippen LogP contribution in [0.25, 0.3) is 11.0 Å². The van der Waals surface area contributed by atoms with Crippen molar-refractivity contribution in [1.82, 2.24) is 14.8 Å². The summed E-state index contributed by atoms with van der Waals surface area (Å²) in [6, 6.07) is 4.16. The van der Waals surface area contributed by atoms with E-state index in [1.54, 1.807) is 15.8 Å². The van der Waals surface area contributed by atoms with Crippen molar-refractivity contribution in [2.75, 3.05) is 11.9 Å². The van der Waals surface area contributed by atoms with Crippen LogP contribution in [-0.4, -0.2) is 21.3 Å². The van der Waals surface area contributed by atoms with Crippen molar-refractivity contribution in [2.45, 2.75) is 39.0 Å². The topological polar surface area (TPSA) is 66.5 Å². The van der Waals surface area contributed by atoms with Gasteiger partial charge in [-0.2, -0.15) is 10.4 Å². The van der Waals surface area contributed by atoms with E-state index in [9.17, 15) is 5.26 Å². The summed E-state index contributed by atoms with van der Waals surface area (Å²) in [6.07, 6.45) is 6.47. The van der Waals surface area contributed by atoms with E-state index >= 15 is 0 Å². The third kappa shape index (κ3) is 2.39. The highest BCUT2D eigenvalue weighted by Crippen LogP contribution is 2.41. The maximum Gasteiger partial charge on any atom is 0.160 e. The molecule has 23 heavy (non-hydrogen) atoms. The SMILES string of the molecule is Cc1nn(C)c2nc(NCC3CC(=C4CCC4)C3)c(C#N)cc12. The average Bonchev–Trinajstić information content (AvgIpc) is 2.72. The van der Waals surface area contributed by atoms with Crippen LogP contribution >= 0.6 is 0 Å². The number of nitrogens with one attached hydrogen (secondary N) is 1. The Morgan fingerprint density at radius 1 is 1.35 bits per heavy atom. The van der Waals surface area contributed by atoms with Gasteiger partial charge in [-0.25, -0.2) is 4.98 Å². The van der Waals surface area contributed by atoms with E-state index in [1.807, 2.05) is 20.0 Å². The molecule has 2 aliphatic carbocycles. The maximum atomic E-state index is 9.40. The van der Waals surface area contributed by atoms with Crippen molar-refractivity contribution < 1.29 is 0 Å². The van der Waals surface area contributed by atoms with E-state index in [1.165, 1.54) is 32.1 Å². The summed E-state index contributed by atoms with van der Waals surface area (Å²) in [5.74, 6) is 1.36. The fourth-order valence-electron chi connectivity index (χ4n) is 3.58. The van der Waals surface area contributed by atoms with Gasteiger partial charge in [0.15, 0.2) is 5.65 Å². The maximum absolute atomic E-state index is 9.40. The van der Waals surface area contributed by atoms with Crippen LogP contribution < -0.4 is 5.32 Å². The quantitative estimate of drug-likeness (QED) is 0.882. The number of nitrogens with zero attached hydrogens (tertiary/aromatic N) is 4. The number of aromatic nitrogens is 3. The normalized spacial score (nSPS) is 20.1.